The molecule has 1 fully saturated rings. The first kappa shape index (κ1) is 16.9. The fourth-order valence-electron chi connectivity index (χ4n) is 3.19. The number of carbonyl (C=O) groups excluding carboxylic acids is 2. The average Bonchev–Trinajstić information content (AvgIpc) is 3.39. The lowest BCUT2D eigenvalue weighted by molar-refractivity contribution is -0.132. The number of carbonyl (C=O) groups is 2. The zero-order valence-corrected chi connectivity index (χ0v) is 15.8. The van der Waals surface area contributed by atoms with Gasteiger partial charge < -0.3 is 5.32 Å². The minimum atomic E-state index is -0.995. The van der Waals surface area contributed by atoms with Crippen LogP contribution < -0.4 is 5.32 Å². The molecule has 1 saturated heterocycles. The number of hydrogen-bond acceptors (Lipinski definition) is 5. The number of aromatic nitrogens is 1. The summed E-state index contributed by atoms with van der Waals surface area (Å²) in [7, 11) is 0. The highest BCUT2D eigenvalue weighted by Gasteiger charge is 2.51. The maximum Gasteiger partial charge on any atom is 0.325 e. The van der Waals surface area contributed by atoms with E-state index in [2.05, 4.69) is 10.3 Å². The molecule has 26 heavy (non-hydrogen) atoms. The molecule has 2 aromatic heterocycles. The normalized spacial score (nSPS) is 19.8. The van der Waals surface area contributed by atoms with Crippen molar-refractivity contribution in [3.05, 3.63) is 63.8 Å². The first-order chi connectivity index (χ1) is 12.6. The van der Waals surface area contributed by atoms with Crippen LogP contribution in [-0.2, 0) is 16.9 Å². The summed E-state index contributed by atoms with van der Waals surface area (Å²) in [6, 6.07) is 11.0. The van der Waals surface area contributed by atoms with E-state index in [1.54, 1.807) is 11.3 Å². The van der Waals surface area contributed by atoms with E-state index in [1.807, 2.05) is 59.5 Å². The van der Waals surface area contributed by atoms with Gasteiger partial charge in [-0.05, 0) is 23.4 Å². The molecule has 0 aliphatic carbocycles. The van der Waals surface area contributed by atoms with Gasteiger partial charge in [-0.1, -0.05) is 37.3 Å². The third-order valence-electron chi connectivity index (χ3n) is 4.61. The molecule has 1 aliphatic heterocycles. The van der Waals surface area contributed by atoms with Crippen molar-refractivity contribution in [1.82, 2.24) is 15.2 Å². The van der Waals surface area contributed by atoms with Crippen molar-refractivity contribution in [2.45, 2.75) is 25.4 Å². The highest BCUT2D eigenvalue weighted by atomic mass is 32.1. The first-order valence-electron chi connectivity index (χ1n) is 8.30. The fourth-order valence-corrected chi connectivity index (χ4v) is 4.72. The van der Waals surface area contributed by atoms with Crippen molar-refractivity contribution >= 4 is 34.6 Å². The molecule has 132 valence electrons. The van der Waals surface area contributed by atoms with Crippen molar-refractivity contribution < 1.29 is 9.59 Å². The Balaban J connectivity index is 1.60. The van der Waals surface area contributed by atoms with Crippen LogP contribution in [0, 0.1) is 0 Å². The summed E-state index contributed by atoms with van der Waals surface area (Å²) in [6.07, 6.45) is 0.495. The van der Waals surface area contributed by atoms with Gasteiger partial charge in [0.15, 0.2) is 0 Å². The molecule has 4 rings (SSSR count). The molecule has 1 atom stereocenters. The number of benzene rings is 1. The van der Waals surface area contributed by atoms with Crippen LogP contribution in [0.4, 0.5) is 4.79 Å². The SMILES string of the molecule is CCC1(c2ccccc2)NC(=O)N(Cc2csc(-c3ccsc3)n2)C1=O. The van der Waals surface area contributed by atoms with E-state index in [0.29, 0.717) is 6.42 Å². The molecule has 1 unspecified atom stereocenters. The van der Waals surface area contributed by atoms with E-state index >= 15 is 0 Å². The van der Waals surface area contributed by atoms with Gasteiger partial charge in [0.25, 0.3) is 5.91 Å². The second kappa shape index (κ2) is 6.66. The first-order valence-corrected chi connectivity index (χ1v) is 10.1. The lowest BCUT2D eigenvalue weighted by atomic mass is 9.87. The van der Waals surface area contributed by atoms with Gasteiger partial charge in [0.2, 0.25) is 0 Å². The highest BCUT2D eigenvalue weighted by molar-refractivity contribution is 7.14. The van der Waals surface area contributed by atoms with Gasteiger partial charge in [0, 0.05) is 16.3 Å². The van der Waals surface area contributed by atoms with E-state index in [0.717, 1.165) is 21.8 Å². The smallest absolute Gasteiger partial charge is 0.319 e. The molecule has 0 radical (unpaired) electrons. The van der Waals surface area contributed by atoms with Crippen molar-refractivity contribution in [1.29, 1.82) is 0 Å². The number of hydrogen-bond donors (Lipinski definition) is 1. The summed E-state index contributed by atoms with van der Waals surface area (Å²) in [5.41, 5.74) is 1.60. The second-order valence-electron chi connectivity index (χ2n) is 6.10. The highest BCUT2D eigenvalue weighted by Crippen LogP contribution is 2.33. The summed E-state index contributed by atoms with van der Waals surface area (Å²) in [4.78, 5) is 31.5. The van der Waals surface area contributed by atoms with Crippen molar-refractivity contribution in [3.63, 3.8) is 0 Å². The molecule has 1 aliphatic rings. The van der Waals surface area contributed by atoms with Gasteiger partial charge in [-0.3, -0.25) is 9.69 Å². The molecule has 7 heteroatoms. The topological polar surface area (TPSA) is 62.3 Å². The van der Waals surface area contributed by atoms with Crippen molar-refractivity contribution in [3.8, 4) is 10.6 Å². The van der Waals surface area contributed by atoms with Gasteiger partial charge in [-0.25, -0.2) is 9.78 Å². The molecule has 3 heterocycles. The van der Waals surface area contributed by atoms with Crippen LogP contribution in [0.5, 0.6) is 0 Å². The quantitative estimate of drug-likeness (QED) is 0.671. The molecule has 3 amide bonds. The molecule has 0 spiro atoms. The van der Waals surface area contributed by atoms with E-state index in [4.69, 9.17) is 0 Å². The van der Waals surface area contributed by atoms with Crippen LogP contribution in [0.1, 0.15) is 24.6 Å². The summed E-state index contributed by atoms with van der Waals surface area (Å²) >= 11 is 3.14. The van der Waals surface area contributed by atoms with Crippen molar-refractivity contribution in [2.75, 3.05) is 0 Å². The van der Waals surface area contributed by atoms with Crippen LogP contribution in [0.25, 0.3) is 10.6 Å². The summed E-state index contributed by atoms with van der Waals surface area (Å²) in [6.45, 7) is 2.09. The number of rotatable bonds is 5. The average molecular weight is 383 g/mol. The minimum absolute atomic E-state index is 0.180. The molecule has 0 saturated carbocycles. The maximum atomic E-state index is 13.1. The van der Waals surface area contributed by atoms with Crippen LogP contribution in [0.2, 0.25) is 0 Å². The van der Waals surface area contributed by atoms with Crippen LogP contribution in [0.3, 0.4) is 0 Å². The zero-order chi connectivity index (χ0) is 18.1. The number of thiazole rings is 1. The molecular formula is C19H17N3O2S2. The van der Waals surface area contributed by atoms with Crippen molar-refractivity contribution in [2.24, 2.45) is 0 Å². The van der Waals surface area contributed by atoms with E-state index in [9.17, 15) is 9.59 Å². The molecule has 5 nitrogen and oxygen atoms in total. The molecule has 1 N–H and O–H groups in total. The molecular weight excluding hydrogens is 366 g/mol. The predicted octanol–water partition coefficient (Wildman–Crippen LogP) is 4.23. The largest absolute Gasteiger partial charge is 0.325 e. The Morgan fingerprint density at radius 3 is 2.65 bits per heavy atom. The molecule has 0 bridgehead atoms. The van der Waals surface area contributed by atoms with Crippen LogP contribution in [0.15, 0.2) is 52.5 Å². The van der Waals surface area contributed by atoms with E-state index < -0.39 is 5.54 Å². The zero-order valence-electron chi connectivity index (χ0n) is 14.1. The number of nitrogens with one attached hydrogen (secondary N) is 1. The number of urea groups is 1. The lowest BCUT2D eigenvalue weighted by Crippen LogP contribution is -2.43. The Morgan fingerprint density at radius 1 is 1.15 bits per heavy atom. The minimum Gasteiger partial charge on any atom is -0.319 e. The fraction of sp³-hybridized carbons (Fsp3) is 0.211. The Bertz CT molecular complexity index is 937. The number of imide groups is 1. The van der Waals surface area contributed by atoms with Gasteiger partial charge in [0.1, 0.15) is 10.5 Å². The van der Waals surface area contributed by atoms with Gasteiger partial charge in [0.05, 0.1) is 12.2 Å². The number of nitrogens with zero attached hydrogens (tertiary/aromatic N) is 2. The Labute approximate surface area is 159 Å². The van der Waals surface area contributed by atoms with Gasteiger partial charge >= 0.3 is 6.03 Å². The van der Waals surface area contributed by atoms with E-state index in [1.165, 1.54) is 16.2 Å². The monoisotopic (exact) mass is 383 g/mol. The third-order valence-corrected chi connectivity index (χ3v) is 6.24. The van der Waals surface area contributed by atoms with Crippen LogP contribution in [-0.4, -0.2) is 21.8 Å². The Morgan fingerprint density at radius 2 is 1.96 bits per heavy atom. The second-order valence-corrected chi connectivity index (χ2v) is 7.74. The Kier molecular flexibility index (Phi) is 4.34. The number of amides is 3. The summed E-state index contributed by atoms with van der Waals surface area (Å²) in [5.74, 6) is -0.221. The lowest BCUT2D eigenvalue weighted by Gasteiger charge is -2.25. The maximum absolute atomic E-state index is 13.1. The van der Waals surface area contributed by atoms with E-state index in [-0.39, 0.29) is 18.5 Å². The Hall–Kier alpha value is -2.51. The molecule has 3 aromatic rings. The molecule has 1 aromatic carbocycles. The summed E-state index contributed by atoms with van der Waals surface area (Å²) in [5, 5.41) is 9.75. The van der Waals surface area contributed by atoms with Crippen LogP contribution >= 0.6 is 22.7 Å². The summed E-state index contributed by atoms with van der Waals surface area (Å²) < 4.78 is 0. The predicted molar refractivity (Wildman–Crippen MR) is 103 cm³/mol. The number of thiophene rings is 1. The van der Waals surface area contributed by atoms with Gasteiger partial charge in [-0.15, -0.1) is 11.3 Å². The third kappa shape index (κ3) is 2.73. The van der Waals surface area contributed by atoms with Gasteiger partial charge in [-0.2, -0.15) is 11.3 Å². The standard InChI is InChI=1S/C19H17N3O2S2/c1-2-19(14-6-4-3-5-7-14)17(23)22(18(24)21-19)10-15-12-26-16(20-15)13-8-9-25-11-13/h3-9,11-12H,2,10H2,1H3,(H,21,24).